The highest BCUT2D eigenvalue weighted by Crippen LogP contribution is 2.22. The number of para-hydroxylation sites is 1. The molecular weight excluding hydrogens is 302 g/mol. The number of hydrogen-bond donors (Lipinski definition) is 1. The summed E-state index contributed by atoms with van der Waals surface area (Å²) in [4.78, 5) is 12.3. The molecule has 0 aliphatic rings. The van der Waals surface area contributed by atoms with Crippen LogP contribution >= 0.6 is 11.6 Å². The van der Waals surface area contributed by atoms with Crippen LogP contribution in [-0.4, -0.2) is 19.1 Å². The number of halogens is 1. The van der Waals surface area contributed by atoms with Crippen LogP contribution in [0.5, 0.6) is 11.5 Å². The summed E-state index contributed by atoms with van der Waals surface area (Å²) in [6, 6.07) is 14.2. The van der Waals surface area contributed by atoms with Gasteiger partial charge in [0.2, 0.25) is 0 Å². The van der Waals surface area contributed by atoms with Gasteiger partial charge in [-0.15, -0.1) is 0 Å². The molecule has 5 heteroatoms. The molecule has 0 aliphatic carbocycles. The first-order valence-corrected chi connectivity index (χ1v) is 7.38. The van der Waals surface area contributed by atoms with Crippen LogP contribution in [0.3, 0.4) is 0 Å². The van der Waals surface area contributed by atoms with Gasteiger partial charge in [-0.3, -0.25) is 4.79 Å². The second-order valence-corrected chi connectivity index (χ2v) is 5.07. The van der Waals surface area contributed by atoms with E-state index in [0.29, 0.717) is 22.9 Å². The third-order valence-corrected chi connectivity index (χ3v) is 3.46. The Bertz CT molecular complexity index is 628. The van der Waals surface area contributed by atoms with Crippen LogP contribution in [0.2, 0.25) is 5.02 Å². The Kier molecular flexibility index (Phi) is 5.67. The zero-order chi connectivity index (χ0) is 15.9. The van der Waals surface area contributed by atoms with Crippen molar-refractivity contribution in [1.29, 1.82) is 0 Å². The van der Waals surface area contributed by atoms with Crippen LogP contribution in [0, 0.1) is 0 Å². The van der Waals surface area contributed by atoms with Crippen molar-refractivity contribution in [3.8, 4) is 11.5 Å². The molecule has 0 saturated carbocycles. The van der Waals surface area contributed by atoms with Crippen molar-refractivity contribution in [2.24, 2.45) is 0 Å². The van der Waals surface area contributed by atoms with E-state index in [1.165, 1.54) is 0 Å². The highest BCUT2D eigenvalue weighted by molar-refractivity contribution is 6.33. The lowest BCUT2D eigenvalue weighted by molar-refractivity contribution is -0.122. The third-order valence-electron chi connectivity index (χ3n) is 3.13. The quantitative estimate of drug-likeness (QED) is 0.870. The molecule has 0 aliphatic heterocycles. The van der Waals surface area contributed by atoms with Crippen molar-refractivity contribution >= 4 is 23.2 Å². The number of ether oxygens (including phenoxy) is 2. The molecule has 2 rings (SSSR count). The second-order valence-electron chi connectivity index (χ2n) is 4.66. The first kappa shape index (κ1) is 16.2. The van der Waals surface area contributed by atoms with E-state index in [1.807, 2.05) is 19.1 Å². The van der Waals surface area contributed by atoms with E-state index in [-0.39, 0.29) is 5.91 Å². The Morgan fingerprint density at radius 2 is 1.77 bits per heavy atom. The average molecular weight is 320 g/mol. The summed E-state index contributed by atoms with van der Waals surface area (Å²) in [7, 11) is 1.60. The van der Waals surface area contributed by atoms with Gasteiger partial charge in [0.25, 0.3) is 5.91 Å². The summed E-state index contributed by atoms with van der Waals surface area (Å²) >= 11 is 6.04. The summed E-state index contributed by atoms with van der Waals surface area (Å²) in [5.74, 6) is 1.12. The molecule has 0 aromatic heterocycles. The SMILES string of the molecule is CCC(Oc1ccc(OC)cc1)C(=O)Nc1ccccc1Cl. The summed E-state index contributed by atoms with van der Waals surface area (Å²) < 4.78 is 10.8. The molecule has 0 heterocycles. The highest BCUT2D eigenvalue weighted by Gasteiger charge is 2.19. The number of amides is 1. The van der Waals surface area contributed by atoms with Gasteiger partial charge in [-0.05, 0) is 42.8 Å². The Morgan fingerprint density at radius 1 is 1.14 bits per heavy atom. The van der Waals surface area contributed by atoms with Gasteiger partial charge < -0.3 is 14.8 Å². The molecule has 116 valence electrons. The van der Waals surface area contributed by atoms with Crippen molar-refractivity contribution in [3.05, 3.63) is 53.6 Å². The van der Waals surface area contributed by atoms with E-state index >= 15 is 0 Å². The van der Waals surface area contributed by atoms with Gasteiger partial charge in [0.1, 0.15) is 11.5 Å². The molecule has 0 radical (unpaired) electrons. The number of hydrogen-bond acceptors (Lipinski definition) is 3. The van der Waals surface area contributed by atoms with Gasteiger partial charge >= 0.3 is 0 Å². The van der Waals surface area contributed by atoms with Crippen molar-refractivity contribution in [2.75, 3.05) is 12.4 Å². The standard InChI is InChI=1S/C17H18ClNO3/c1-3-16(22-13-10-8-12(21-2)9-11-13)17(20)19-15-7-5-4-6-14(15)18/h4-11,16H,3H2,1-2H3,(H,19,20). The molecule has 0 bridgehead atoms. The maximum absolute atomic E-state index is 12.3. The average Bonchev–Trinajstić information content (AvgIpc) is 2.55. The van der Waals surface area contributed by atoms with Crippen molar-refractivity contribution in [3.63, 3.8) is 0 Å². The van der Waals surface area contributed by atoms with Crippen molar-refractivity contribution in [2.45, 2.75) is 19.4 Å². The van der Waals surface area contributed by atoms with Crippen molar-refractivity contribution < 1.29 is 14.3 Å². The Hall–Kier alpha value is -2.20. The van der Waals surface area contributed by atoms with E-state index in [2.05, 4.69) is 5.32 Å². The summed E-state index contributed by atoms with van der Waals surface area (Å²) in [5.41, 5.74) is 0.575. The van der Waals surface area contributed by atoms with Crippen LogP contribution < -0.4 is 14.8 Å². The van der Waals surface area contributed by atoms with Gasteiger partial charge in [0.05, 0.1) is 17.8 Å². The van der Waals surface area contributed by atoms with Crippen LogP contribution in [0.25, 0.3) is 0 Å². The number of benzene rings is 2. The minimum atomic E-state index is -0.593. The van der Waals surface area contributed by atoms with Gasteiger partial charge in [0, 0.05) is 0 Å². The minimum absolute atomic E-state index is 0.230. The Balaban J connectivity index is 2.03. The van der Waals surface area contributed by atoms with E-state index < -0.39 is 6.10 Å². The van der Waals surface area contributed by atoms with E-state index in [9.17, 15) is 4.79 Å². The molecule has 1 atom stereocenters. The minimum Gasteiger partial charge on any atom is -0.497 e. The van der Waals surface area contributed by atoms with E-state index in [0.717, 1.165) is 5.75 Å². The molecule has 0 saturated heterocycles. The predicted octanol–water partition coefficient (Wildman–Crippen LogP) is 4.14. The zero-order valence-corrected chi connectivity index (χ0v) is 13.3. The molecule has 1 N–H and O–H groups in total. The largest absolute Gasteiger partial charge is 0.497 e. The fourth-order valence-corrected chi connectivity index (χ4v) is 2.10. The molecule has 0 spiro atoms. The maximum Gasteiger partial charge on any atom is 0.265 e. The number of carbonyl (C=O) groups is 1. The highest BCUT2D eigenvalue weighted by atomic mass is 35.5. The molecule has 1 amide bonds. The fourth-order valence-electron chi connectivity index (χ4n) is 1.92. The first-order valence-electron chi connectivity index (χ1n) is 7.00. The number of methoxy groups -OCH3 is 1. The number of anilines is 1. The van der Waals surface area contributed by atoms with Crippen molar-refractivity contribution in [1.82, 2.24) is 0 Å². The van der Waals surface area contributed by atoms with Crippen LogP contribution in [0.4, 0.5) is 5.69 Å². The van der Waals surface area contributed by atoms with Crippen LogP contribution in [0.1, 0.15) is 13.3 Å². The number of nitrogens with one attached hydrogen (secondary N) is 1. The van der Waals surface area contributed by atoms with E-state index in [1.54, 1.807) is 43.5 Å². The molecule has 1 unspecified atom stereocenters. The lowest BCUT2D eigenvalue weighted by Crippen LogP contribution is -2.32. The number of rotatable bonds is 6. The molecule has 22 heavy (non-hydrogen) atoms. The summed E-state index contributed by atoms with van der Waals surface area (Å²) in [5, 5.41) is 3.28. The lowest BCUT2D eigenvalue weighted by Gasteiger charge is -2.18. The number of carbonyl (C=O) groups excluding carboxylic acids is 1. The fraction of sp³-hybridized carbons (Fsp3) is 0.235. The lowest BCUT2D eigenvalue weighted by atomic mass is 10.2. The summed E-state index contributed by atoms with van der Waals surface area (Å²) in [6.07, 6.45) is -0.0489. The molecule has 2 aromatic rings. The van der Waals surface area contributed by atoms with Gasteiger partial charge in [-0.25, -0.2) is 0 Å². The smallest absolute Gasteiger partial charge is 0.265 e. The Morgan fingerprint density at radius 3 is 2.36 bits per heavy atom. The first-order chi connectivity index (χ1) is 10.6. The molecule has 2 aromatic carbocycles. The van der Waals surface area contributed by atoms with Crippen LogP contribution in [-0.2, 0) is 4.79 Å². The zero-order valence-electron chi connectivity index (χ0n) is 12.5. The maximum atomic E-state index is 12.3. The summed E-state index contributed by atoms with van der Waals surface area (Å²) in [6.45, 7) is 1.89. The third kappa shape index (κ3) is 4.15. The molecular formula is C17H18ClNO3. The molecule has 0 fully saturated rings. The molecule has 4 nitrogen and oxygen atoms in total. The second kappa shape index (κ2) is 7.71. The monoisotopic (exact) mass is 319 g/mol. The van der Waals surface area contributed by atoms with Crippen LogP contribution in [0.15, 0.2) is 48.5 Å². The predicted molar refractivity (Wildman–Crippen MR) is 87.8 cm³/mol. The van der Waals surface area contributed by atoms with Gasteiger partial charge in [-0.1, -0.05) is 30.7 Å². The normalized spacial score (nSPS) is 11.6. The van der Waals surface area contributed by atoms with E-state index in [4.69, 9.17) is 21.1 Å². The Labute approximate surface area is 135 Å². The van der Waals surface area contributed by atoms with Gasteiger partial charge in [0.15, 0.2) is 6.10 Å². The topological polar surface area (TPSA) is 47.6 Å². The van der Waals surface area contributed by atoms with Gasteiger partial charge in [-0.2, -0.15) is 0 Å².